The van der Waals surface area contributed by atoms with Crippen LogP contribution in [-0.4, -0.2) is 16.3 Å². The van der Waals surface area contributed by atoms with Crippen molar-refractivity contribution in [2.45, 2.75) is 38.1 Å². The topological polar surface area (TPSA) is 52.5 Å². The minimum Gasteiger partial charge on any atom is -0.508 e. The SMILES string of the molecule is Oc1ccc(NC2CCCCC2)c(O)c1. The molecule has 1 fully saturated rings. The number of benzene rings is 1. The Morgan fingerprint density at radius 3 is 2.47 bits per heavy atom. The average Bonchev–Trinajstić information content (AvgIpc) is 2.24. The van der Waals surface area contributed by atoms with Crippen LogP contribution in [0.2, 0.25) is 0 Å². The highest BCUT2D eigenvalue weighted by Gasteiger charge is 2.14. The van der Waals surface area contributed by atoms with Gasteiger partial charge < -0.3 is 15.5 Å². The van der Waals surface area contributed by atoms with E-state index in [4.69, 9.17) is 5.11 Å². The van der Waals surface area contributed by atoms with Gasteiger partial charge in [0.25, 0.3) is 0 Å². The first-order valence-electron chi connectivity index (χ1n) is 5.54. The van der Waals surface area contributed by atoms with E-state index in [-0.39, 0.29) is 11.5 Å². The lowest BCUT2D eigenvalue weighted by molar-refractivity contribution is 0.443. The number of anilines is 1. The molecule has 1 saturated carbocycles. The van der Waals surface area contributed by atoms with Crippen molar-refractivity contribution in [3.63, 3.8) is 0 Å². The Morgan fingerprint density at radius 1 is 1.07 bits per heavy atom. The molecule has 0 unspecified atom stereocenters. The highest BCUT2D eigenvalue weighted by Crippen LogP contribution is 2.30. The quantitative estimate of drug-likeness (QED) is 0.516. The maximum Gasteiger partial charge on any atom is 0.142 e. The summed E-state index contributed by atoms with van der Waals surface area (Å²) in [6, 6.07) is 5.14. The number of rotatable bonds is 2. The van der Waals surface area contributed by atoms with Gasteiger partial charge in [0, 0.05) is 12.1 Å². The zero-order valence-corrected chi connectivity index (χ0v) is 8.74. The molecule has 1 aromatic carbocycles. The maximum atomic E-state index is 9.60. The molecule has 2 rings (SSSR count). The van der Waals surface area contributed by atoms with Gasteiger partial charge in [0.15, 0.2) is 0 Å². The van der Waals surface area contributed by atoms with Crippen molar-refractivity contribution in [2.75, 3.05) is 5.32 Å². The van der Waals surface area contributed by atoms with E-state index < -0.39 is 0 Å². The average molecular weight is 207 g/mol. The second-order valence-corrected chi connectivity index (χ2v) is 4.18. The van der Waals surface area contributed by atoms with Crippen LogP contribution in [0.25, 0.3) is 0 Å². The number of nitrogens with one attached hydrogen (secondary N) is 1. The van der Waals surface area contributed by atoms with Crippen LogP contribution in [0.3, 0.4) is 0 Å². The van der Waals surface area contributed by atoms with Crippen LogP contribution in [0.1, 0.15) is 32.1 Å². The fraction of sp³-hybridized carbons (Fsp3) is 0.500. The van der Waals surface area contributed by atoms with E-state index in [1.54, 1.807) is 12.1 Å². The lowest BCUT2D eigenvalue weighted by Gasteiger charge is -2.24. The van der Waals surface area contributed by atoms with Crippen LogP contribution in [-0.2, 0) is 0 Å². The summed E-state index contributed by atoms with van der Waals surface area (Å²) in [7, 11) is 0. The van der Waals surface area contributed by atoms with E-state index >= 15 is 0 Å². The van der Waals surface area contributed by atoms with Crippen LogP contribution >= 0.6 is 0 Å². The van der Waals surface area contributed by atoms with Crippen LogP contribution in [0, 0.1) is 0 Å². The molecule has 1 aromatic rings. The van der Waals surface area contributed by atoms with Gasteiger partial charge in [-0.05, 0) is 25.0 Å². The van der Waals surface area contributed by atoms with Crippen LogP contribution in [0.5, 0.6) is 11.5 Å². The zero-order valence-electron chi connectivity index (χ0n) is 8.74. The molecule has 0 aromatic heterocycles. The van der Waals surface area contributed by atoms with E-state index in [9.17, 15) is 5.11 Å². The molecule has 0 radical (unpaired) electrons. The van der Waals surface area contributed by atoms with E-state index in [1.165, 1.54) is 38.2 Å². The molecular formula is C12H17NO2. The Morgan fingerprint density at radius 2 is 1.80 bits per heavy atom. The molecule has 1 aliphatic rings. The Balaban J connectivity index is 2.03. The van der Waals surface area contributed by atoms with Crippen molar-refractivity contribution in [3.05, 3.63) is 18.2 Å². The third kappa shape index (κ3) is 2.55. The van der Waals surface area contributed by atoms with E-state index in [0.29, 0.717) is 6.04 Å². The fourth-order valence-electron chi connectivity index (χ4n) is 2.11. The van der Waals surface area contributed by atoms with Gasteiger partial charge >= 0.3 is 0 Å². The van der Waals surface area contributed by atoms with Gasteiger partial charge in [0.05, 0.1) is 5.69 Å². The maximum absolute atomic E-state index is 9.60. The van der Waals surface area contributed by atoms with Crippen molar-refractivity contribution < 1.29 is 10.2 Å². The molecule has 0 spiro atoms. The van der Waals surface area contributed by atoms with E-state index in [2.05, 4.69) is 5.32 Å². The Hall–Kier alpha value is -1.38. The molecule has 15 heavy (non-hydrogen) atoms. The van der Waals surface area contributed by atoms with E-state index in [0.717, 1.165) is 5.69 Å². The molecule has 0 saturated heterocycles. The molecule has 0 atom stereocenters. The van der Waals surface area contributed by atoms with Crippen molar-refractivity contribution in [1.29, 1.82) is 0 Å². The molecule has 82 valence electrons. The highest BCUT2D eigenvalue weighted by atomic mass is 16.3. The van der Waals surface area contributed by atoms with Crippen LogP contribution in [0.15, 0.2) is 18.2 Å². The van der Waals surface area contributed by atoms with Gasteiger partial charge in [-0.25, -0.2) is 0 Å². The predicted octanol–water partition coefficient (Wildman–Crippen LogP) is 2.84. The first kappa shape index (κ1) is 10.1. The summed E-state index contributed by atoms with van der Waals surface area (Å²) in [5, 5.41) is 22.1. The summed E-state index contributed by atoms with van der Waals surface area (Å²) >= 11 is 0. The number of aromatic hydroxyl groups is 2. The minimum atomic E-state index is 0.0988. The van der Waals surface area contributed by atoms with E-state index in [1.807, 2.05) is 0 Å². The Labute approximate surface area is 89.8 Å². The second kappa shape index (κ2) is 4.43. The van der Waals surface area contributed by atoms with Gasteiger partial charge in [-0.15, -0.1) is 0 Å². The first-order valence-corrected chi connectivity index (χ1v) is 5.54. The summed E-state index contributed by atoms with van der Waals surface area (Å²) in [6.07, 6.45) is 6.17. The van der Waals surface area contributed by atoms with Gasteiger partial charge in [-0.3, -0.25) is 0 Å². The van der Waals surface area contributed by atoms with Gasteiger partial charge in [-0.1, -0.05) is 19.3 Å². The summed E-state index contributed by atoms with van der Waals surface area (Å²) in [4.78, 5) is 0. The number of phenols is 2. The Kier molecular flexibility index (Phi) is 2.99. The largest absolute Gasteiger partial charge is 0.508 e. The summed E-state index contributed by atoms with van der Waals surface area (Å²) in [5.74, 6) is 0.224. The second-order valence-electron chi connectivity index (χ2n) is 4.18. The molecule has 3 heteroatoms. The van der Waals surface area contributed by atoms with Gasteiger partial charge in [0.2, 0.25) is 0 Å². The molecule has 0 aliphatic heterocycles. The summed E-state index contributed by atoms with van der Waals surface area (Å²) in [5.41, 5.74) is 0.722. The molecule has 0 heterocycles. The molecule has 0 amide bonds. The standard InChI is InChI=1S/C12H17NO2/c14-10-6-7-11(12(15)8-10)13-9-4-2-1-3-5-9/h6-9,13-15H,1-5H2. The minimum absolute atomic E-state index is 0.0988. The molecule has 0 bridgehead atoms. The number of hydrogen-bond acceptors (Lipinski definition) is 3. The lowest BCUT2D eigenvalue weighted by atomic mass is 9.95. The molecule has 3 nitrogen and oxygen atoms in total. The van der Waals surface area contributed by atoms with Crippen molar-refractivity contribution >= 4 is 5.69 Å². The third-order valence-corrected chi connectivity index (χ3v) is 2.95. The van der Waals surface area contributed by atoms with Gasteiger partial charge in [-0.2, -0.15) is 0 Å². The summed E-state index contributed by atoms with van der Waals surface area (Å²) < 4.78 is 0. The molecular weight excluding hydrogens is 190 g/mol. The fourth-order valence-corrected chi connectivity index (χ4v) is 2.11. The smallest absolute Gasteiger partial charge is 0.142 e. The zero-order chi connectivity index (χ0) is 10.7. The monoisotopic (exact) mass is 207 g/mol. The normalized spacial score (nSPS) is 17.6. The van der Waals surface area contributed by atoms with Crippen molar-refractivity contribution in [2.24, 2.45) is 0 Å². The Bertz CT molecular complexity index is 332. The van der Waals surface area contributed by atoms with Crippen molar-refractivity contribution in [1.82, 2.24) is 0 Å². The number of phenolic OH excluding ortho intramolecular Hbond substituents is 2. The first-order chi connectivity index (χ1) is 7.25. The van der Waals surface area contributed by atoms with Crippen LogP contribution in [0.4, 0.5) is 5.69 Å². The molecule has 1 aliphatic carbocycles. The molecule has 3 N–H and O–H groups in total. The summed E-state index contributed by atoms with van der Waals surface area (Å²) in [6.45, 7) is 0. The number of hydrogen-bond donors (Lipinski definition) is 3. The third-order valence-electron chi connectivity index (χ3n) is 2.95. The van der Waals surface area contributed by atoms with Crippen LogP contribution < -0.4 is 5.32 Å². The lowest BCUT2D eigenvalue weighted by Crippen LogP contribution is -2.22. The van der Waals surface area contributed by atoms with Gasteiger partial charge in [0.1, 0.15) is 11.5 Å². The predicted molar refractivity (Wildman–Crippen MR) is 60.3 cm³/mol. The van der Waals surface area contributed by atoms with Crippen molar-refractivity contribution in [3.8, 4) is 11.5 Å². The highest BCUT2D eigenvalue weighted by molar-refractivity contribution is 5.58.